The Morgan fingerprint density at radius 1 is 1.53 bits per heavy atom. The molecule has 5 nitrogen and oxygen atoms in total. The van der Waals surface area contributed by atoms with Crippen LogP contribution in [0, 0.1) is 0 Å². The minimum absolute atomic E-state index is 0.241. The van der Waals surface area contributed by atoms with Crippen molar-refractivity contribution in [1.29, 1.82) is 0 Å². The van der Waals surface area contributed by atoms with Gasteiger partial charge in [-0.25, -0.2) is 4.79 Å². The van der Waals surface area contributed by atoms with Gasteiger partial charge in [-0.15, -0.1) is 0 Å². The zero-order valence-electron chi connectivity index (χ0n) is 12.6. The number of aliphatic hydroxyl groups excluding tert-OH is 1. The lowest BCUT2D eigenvalue weighted by Crippen LogP contribution is -2.50. The Morgan fingerprint density at radius 3 is 2.79 bits per heavy atom. The highest BCUT2D eigenvalue weighted by molar-refractivity contribution is 5.68. The van der Waals surface area contributed by atoms with E-state index in [0.717, 1.165) is 25.8 Å². The molecule has 2 unspecified atom stereocenters. The number of hydrogen-bond acceptors (Lipinski definition) is 4. The van der Waals surface area contributed by atoms with Crippen LogP contribution in [0.3, 0.4) is 0 Å². The molecule has 1 heterocycles. The number of hydrogen-bond donors (Lipinski definition) is 2. The standard InChI is InChI=1S/C14H28N2O3/c1-5-12(17)9-15-11-7-6-8-16(10-11)13(18)19-14(2,3)4/h11-12,15,17H,5-10H2,1-4H3. The molecule has 0 aliphatic carbocycles. The molecule has 1 rings (SSSR count). The zero-order chi connectivity index (χ0) is 14.5. The fourth-order valence-corrected chi connectivity index (χ4v) is 2.08. The minimum atomic E-state index is -0.449. The number of likely N-dealkylation sites (tertiary alicyclic amines) is 1. The van der Waals surface area contributed by atoms with Crippen molar-refractivity contribution >= 4 is 6.09 Å². The normalized spacial score (nSPS) is 22.2. The number of ether oxygens (including phenoxy) is 1. The number of aliphatic hydroxyl groups is 1. The van der Waals surface area contributed by atoms with E-state index in [1.54, 1.807) is 4.90 Å². The highest BCUT2D eigenvalue weighted by Crippen LogP contribution is 2.15. The third kappa shape index (κ3) is 6.25. The maximum atomic E-state index is 12.0. The first kappa shape index (κ1) is 16.2. The first-order valence-electron chi connectivity index (χ1n) is 7.21. The van der Waals surface area contributed by atoms with Crippen LogP contribution in [0.1, 0.15) is 47.0 Å². The van der Waals surface area contributed by atoms with E-state index in [2.05, 4.69) is 5.32 Å². The van der Waals surface area contributed by atoms with E-state index >= 15 is 0 Å². The Balaban J connectivity index is 2.39. The van der Waals surface area contributed by atoms with Gasteiger partial charge in [-0.1, -0.05) is 6.92 Å². The molecule has 0 spiro atoms. The van der Waals surface area contributed by atoms with Crippen molar-refractivity contribution in [3.8, 4) is 0 Å². The lowest BCUT2D eigenvalue weighted by atomic mass is 10.1. The summed E-state index contributed by atoms with van der Waals surface area (Å²) in [6, 6.07) is 0.252. The summed E-state index contributed by atoms with van der Waals surface area (Å²) in [5.41, 5.74) is -0.449. The van der Waals surface area contributed by atoms with Crippen LogP contribution in [0.2, 0.25) is 0 Å². The fourth-order valence-electron chi connectivity index (χ4n) is 2.08. The van der Waals surface area contributed by atoms with Gasteiger partial charge in [0.1, 0.15) is 5.60 Å². The Bertz CT molecular complexity index is 289. The van der Waals surface area contributed by atoms with Crippen molar-refractivity contribution in [1.82, 2.24) is 10.2 Å². The van der Waals surface area contributed by atoms with Crippen molar-refractivity contribution in [2.75, 3.05) is 19.6 Å². The minimum Gasteiger partial charge on any atom is -0.444 e. The molecule has 112 valence electrons. The summed E-state index contributed by atoms with van der Waals surface area (Å²) in [7, 11) is 0. The summed E-state index contributed by atoms with van der Waals surface area (Å²) in [5, 5.41) is 12.9. The number of carbonyl (C=O) groups excluding carboxylic acids is 1. The molecular weight excluding hydrogens is 244 g/mol. The summed E-state index contributed by atoms with van der Waals surface area (Å²) < 4.78 is 5.38. The van der Waals surface area contributed by atoms with Crippen LogP contribution in [0.25, 0.3) is 0 Å². The van der Waals surface area contributed by atoms with E-state index in [9.17, 15) is 9.90 Å². The molecule has 0 bridgehead atoms. The molecule has 1 aliphatic rings. The second-order valence-corrected chi connectivity index (χ2v) is 6.24. The lowest BCUT2D eigenvalue weighted by Gasteiger charge is -2.34. The van der Waals surface area contributed by atoms with Crippen molar-refractivity contribution in [3.05, 3.63) is 0 Å². The molecule has 2 N–H and O–H groups in total. The number of piperidine rings is 1. The Morgan fingerprint density at radius 2 is 2.21 bits per heavy atom. The van der Waals surface area contributed by atoms with Gasteiger partial charge in [-0.3, -0.25) is 0 Å². The quantitative estimate of drug-likeness (QED) is 0.818. The highest BCUT2D eigenvalue weighted by atomic mass is 16.6. The molecule has 2 atom stereocenters. The van der Waals surface area contributed by atoms with Crippen LogP contribution in [-0.4, -0.2) is 53.5 Å². The first-order chi connectivity index (χ1) is 8.81. The van der Waals surface area contributed by atoms with Crippen molar-refractivity contribution < 1.29 is 14.6 Å². The van der Waals surface area contributed by atoms with Crippen molar-refractivity contribution in [3.63, 3.8) is 0 Å². The monoisotopic (exact) mass is 272 g/mol. The van der Waals surface area contributed by atoms with Gasteiger partial charge >= 0.3 is 6.09 Å². The molecular formula is C14H28N2O3. The van der Waals surface area contributed by atoms with Gasteiger partial charge in [0.05, 0.1) is 6.10 Å². The molecule has 0 saturated carbocycles. The molecule has 1 amide bonds. The van der Waals surface area contributed by atoms with Gasteiger partial charge in [0.2, 0.25) is 0 Å². The second kappa shape index (κ2) is 7.10. The van der Waals surface area contributed by atoms with E-state index in [1.165, 1.54) is 0 Å². The van der Waals surface area contributed by atoms with Crippen LogP contribution >= 0.6 is 0 Å². The molecule has 0 aromatic heterocycles. The number of carbonyl (C=O) groups is 1. The Kier molecular flexibility index (Phi) is 6.07. The van der Waals surface area contributed by atoms with Crippen LogP contribution in [0.5, 0.6) is 0 Å². The van der Waals surface area contributed by atoms with Gasteiger partial charge in [0.25, 0.3) is 0 Å². The second-order valence-electron chi connectivity index (χ2n) is 6.24. The number of nitrogens with zero attached hydrogens (tertiary/aromatic N) is 1. The number of rotatable bonds is 4. The zero-order valence-corrected chi connectivity index (χ0v) is 12.6. The molecule has 1 fully saturated rings. The number of nitrogens with one attached hydrogen (secondary N) is 1. The van der Waals surface area contributed by atoms with Crippen LogP contribution in [-0.2, 0) is 4.74 Å². The molecule has 0 aromatic carbocycles. The van der Waals surface area contributed by atoms with Gasteiger partial charge in [-0.2, -0.15) is 0 Å². The Labute approximate surface area is 116 Å². The maximum absolute atomic E-state index is 12.0. The summed E-state index contributed by atoms with van der Waals surface area (Å²) in [6.07, 6.45) is 2.21. The predicted octanol–water partition coefficient (Wildman–Crippen LogP) is 1.75. The Hall–Kier alpha value is -0.810. The van der Waals surface area contributed by atoms with E-state index in [4.69, 9.17) is 4.74 Å². The average molecular weight is 272 g/mol. The molecule has 5 heteroatoms. The molecule has 19 heavy (non-hydrogen) atoms. The molecule has 1 aliphatic heterocycles. The van der Waals surface area contributed by atoms with Gasteiger partial charge < -0.3 is 20.1 Å². The smallest absolute Gasteiger partial charge is 0.410 e. The van der Waals surface area contributed by atoms with Crippen LogP contribution < -0.4 is 5.32 Å². The molecule has 0 radical (unpaired) electrons. The summed E-state index contributed by atoms with van der Waals surface area (Å²) >= 11 is 0. The maximum Gasteiger partial charge on any atom is 0.410 e. The molecule has 0 aromatic rings. The van der Waals surface area contributed by atoms with E-state index in [-0.39, 0.29) is 18.2 Å². The third-order valence-corrected chi connectivity index (χ3v) is 3.19. The average Bonchev–Trinajstić information content (AvgIpc) is 2.34. The topological polar surface area (TPSA) is 61.8 Å². The molecule has 1 saturated heterocycles. The highest BCUT2D eigenvalue weighted by Gasteiger charge is 2.27. The largest absolute Gasteiger partial charge is 0.444 e. The first-order valence-corrected chi connectivity index (χ1v) is 7.21. The van der Waals surface area contributed by atoms with Crippen LogP contribution in [0.15, 0.2) is 0 Å². The van der Waals surface area contributed by atoms with E-state index in [0.29, 0.717) is 13.1 Å². The fraction of sp³-hybridized carbons (Fsp3) is 0.929. The summed E-state index contributed by atoms with van der Waals surface area (Å²) in [5.74, 6) is 0. The van der Waals surface area contributed by atoms with Crippen molar-refractivity contribution in [2.24, 2.45) is 0 Å². The summed E-state index contributed by atoms with van der Waals surface area (Å²) in [6.45, 7) is 9.59. The van der Waals surface area contributed by atoms with Crippen molar-refractivity contribution in [2.45, 2.75) is 64.7 Å². The predicted molar refractivity (Wildman–Crippen MR) is 75.1 cm³/mol. The SMILES string of the molecule is CCC(O)CNC1CCCN(C(=O)OC(C)(C)C)C1. The van der Waals surface area contributed by atoms with E-state index < -0.39 is 5.60 Å². The van der Waals surface area contributed by atoms with Crippen LogP contribution in [0.4, 0.5) is 4.79 Å². The third-order valence-electron chi connectivity index (χ3n) is 3.19. The summed E-state index contributed by atoms with van der Waals surface area (Å²) in [4.78, 5) is 13.7. The van der Waals surface area contributed by atoms with Gasteiger partial charge in [-0.05, 0) is 40.0 Å². The lowest BCUT2D eigenvalue weighted by molar-refractivity contribution is 0.0183. The van der Waals surface area contributed by atoms with Gasteiger partial charge in [0.15, 0.2) is 0 Å². The van der Waals surface area contributed by atoms with E-state index in [1.807, 2.05) is 27.7 Å². The van der Waals surface area contributed by atoms with Gasteiger partial charge in [0, 0.05) is 25.7 Å². The number of amides is 1.